The Morgan fingerprint density at radius 2 is 1.56 bits per heavy atom. The van der Waals surface area contributed by atoms with Crippen molar-refractivity contribution in [2.45, 2.75) is 18.4 Å². The zero-order valence-corrected chi connectivity index (χ0v) is 20.9. The Labute approximate surface area is 212 Å². The lowest BCUT2D eigenvalue weighted by molar-refractivity contribution is -0.139. The number of aliphatic carboxylic acids is 1. The van der Waals surface area contributed by atoms with Crippen LogP contribution in [0.25, 0.3) is 11.1 Å². The number of carbonyl (C=O) groups is 3. The maximum absolute atomic E-state index is 12.8. The average Bonchev–Trinajstić information content (AvgIpc) is 3.13. The molecule has 0 radical (unpaired) electrons. The van der Waals surface area contributed by atoms with E-state index in [0.717, 1.165) is 26.7 Å². The number of carboxylic acids is 1. The molecule has 1 atom stereocenters. The first kappa shape index (κ1) is 24.0. The van der Waals surface area contributed by atoms with Crippen molar-refractivity contribution in [3.63, 3.8) is 0 Å². The first-order chi connectivity index (χ1) is 16.3. The number of rotatable bonds is 7. The second-order valence-corrected chi connectivity index (χ2v) is 9.50. The molecule has 3 N–H and O–H groups in total. The van der Waals surface area contributed by atoms with Gasteiger partial charge in [0.05, 0.1) is 12.1 Å². The summed E-state index contributed by atoms with van der Waals surface area (Å²) >= 11 is 6.66. The number of benzene rings is 3. The molecule has 0 aliphatic heterocycles. The molecule has 34 heavy (non-hydrogen) atoms. The van der Waals surface area contributed by atoms with Crippen molar-refractivity contribution in [2.75, 3.05) is 11.9 Å². The third kappa shape index (κ3) is 5.31. The van der Waals surface area contributed by atoms with Crippen molar-refractivity contribution < 1.29 is 24.2 Å². The van der Waals surface area contributed by atoms with Gasteiger partial charge in [0.15, 0.2) is 0 Å². The molecule has 1 aliphatic carbocycles. The van der Waals surface area contributed by atoms with Crippen LogP contribution in [-0.2, 0) is 14.3 Å². The lowest BCUT2D eigenvalue weighted by atomic mass is 9.98. The summed E-state index contributed by atoms with van der Waals surface area (Å²) in [4.78, 5) is 36.6. The van der Waals surface area contributed by atoms with Gasteiger partial charge in [-0.25, -0.2) is 4.79 Å². The van der Waals surface area contributed by atoms with Crippen LogP contribution in [-0.4, -0.2) is 35.7 Å². The van der Waals surface area contributed by atoms with Crippen molar-refractivity contribution in [3.8, 4) is 11.1 Å². The summed E-state index contributed by atoms with van der Waals surface area (Å²) in [5.41, 5.74) is 4.72. The number of hydrogen-bond acceptors (Lipinski definition) is 4. The molecule has 0 spiro atoms. The Morgan fingerprint density at radius 3 is 2.18 bits per heavy atom. The first-order valence-electron chi connectivity index (χ1n) is 10.4. The molecule has 0 saturated heterocycles. The summed E-state index contributed by atoms with van der Waals surface area (Å²) in [5.74, 6) is -2.05. The van der Waals surface area contributed by atoms with Gasteiger partial charge < -0.3 is 20.5 Å². The van der Waals surface area contributed by atoms with Crippen molar-refractivity contribution >= 4 is 55.5 Å². The minimum Gasteiger partial charge on any atom is -0.481 e. The number of ether oxygens (including phenoxy) is 1. The summed E-state index contributed by atoms with van der Waals surface area (Å²) in [6.45, 7) is 0.0540. The van der Waals surface area contributed by atoms with E-state index in [1.165, 1.54) is 0 Å². The minimum absolute atomic E-state index is 0.0540. The number of nitrogens with one attached hydrogen (secondary N) is 2. The second-order valence-electron chi connectivity index (χ2n) is 7.73. The summed E-state index contributed by atoms with van der Waals surface area (Å²) in [6.07, 6.45) is -1.46. The van der Waals surface area contributed by atoms with E-state index in [-0.39, 0.29) is 12.5 Å². The van der Waals surface area contributed by atoms with Gasteiger partial charge in [-0.2, -0.15) is 0 Å². The molecule has 0 aromatic heterocycles. The van der Waals surface area contributed by atoms with Crippen LogP contribution in [0.5, 0.6) is 0 Å². The second kappa shape index (κ2) is 10.4. The summed E-state index contributed by atoms with van der Waals surface area (Å²) < 4.78 is 6.79. The molecule has 0 heterocycles. The number of hydrogen-bond donors (Lipinski definition) is 3. The highest BCUT2D eigenvalue weighted by molar-refractivity contribution is 9.11. The number of amides is 2. The molecule has 4 rings (SSSR count). The number of halogens is 2. The number of carboxylic acid groups (broad SMARTS) is 1. The van der Waals surface area contributed by atoms with E-state index in [2.05, 4.69) is 42.5 Å². The van der Waals surface area contributed by atoms with Crippen LogP contribution < -0.4 is 10.6 Å². The number of anilines is 1. The maximum Gasteiger partial charge on any atom is 0.407 e. The standard InChI is InChI=1S/C25H20Br2N2O5/c26-14-9-10-20(27)21(11-14)28-24(32)22(12-23(30)31)29-25(33)34-13-19-17-7-3-1-5-15(17)16-6-2-4-8-18(16)19/h1-11,19,22H,12-13H2,(H,28,32)(H,29,33)(H,30,31). The third-order valence-electron chi connectivity index (χ3n) is 5.52. The van der Waals surface area contributed by atoms with Gasteiger partial charge in [0.25, 0.3) is 0 Å². The third-order valence-corrected chi connectivity index (χ3v) is 6.70. The van der Waals surface area contributed by atoms with Gasteiger partial charge in [-0.15, -0.1) is 0 Å². The van der Waals surface area contributed by atoms with Crippen LogP contribution in [0.2, 0.25) is 0 Å². The maximum atomic E-state index is 12.8. The Kier molecular flexibility index (Phi) is 7.33. The molecule has 2 amide bonds. The fourth-order valence-electron chi connectivity index (χ4n) is 3.98. The smallest absolute Gasteiger partial charge is 0.407 e. The molecule has 0 bridgehead atoms. The Balaban J connectivity index is 1.44. The van der Waals surface area contributed by atoms with E-state index in [9.17, 15) is 19.5 Å². The Morgan fingerprint density at radius 1 is 0.941 bits per heavy atom. The number of fused-ring (bicyclic) bond motifs is 3. The van der Waals surface area contributed by atoms with Gasteiger partial charge in [-0.1, -0.05) is 64.5 Å². The Bertz CT molecular complexity index is 1220. The minimum atomic E-state index is -1.32. The highest BCUT2D eigenvalue weighted by Crippen LogP contribution is 2.44. The molecule has 1 aliphatic rings. The van der Waals surface area contributed by atoms with Crippen LogP contribution in [0, 0.1) is 0 Å². The normalized spacial score (nSPS) is 12.9. The zero-order valence-electron chi connectivity index (χ0n) is 17.8. The van der Waals surface area contributed by atoms with Gasteiger partial charge >= 0.3 is 12.1 Å². The molecular weight excluding hydrogens is 568 g/mol. The fourth-order valence-corrected chi connectivity index (χ4v) is 4.69. The lowest BCUT2D eigenvalue weighted by Crippen LogP contribution is -2.45. The zero-order chi connectivity index (χ0) is 24.2. The van der Waals surface area contributed by atoms with E-state index >= 15 is 0 Å². The predicted molar refractivity (Wildman–Crippen MR) is 135 cm³/mol. The highest BCUT2D eigenvalue weighted by Gasteiger charge is 2.30. The molecule has 3 aromatic rings. The average molecular weight is 588 g/mol. The van der Waals surface area contributed by atoms with E-state index in [4.69, 9.17) is 4.74 Å². The fraction of sp³-hybridized carbons (Fsp3) is 0.160. The van der Waals surface area contributed by atoms with Gasteiger partial charge in [0.1, 0.15) is 12.6 Å². The van der Waals surface area contributed by atoms with Gasteiger partial charge in [0, 0.05) is 14.9 Å². The quantitative estimate of drug-likeness (QED) is 0.337. The van der Waals surface area contributed by atoms with Crippen molar-refractivity contribution in [1.29, 1.82) is 0 Å². The van der Waals surface area contributed by atoms with E-state index in [1.807, 2.05) is 48.5 Å². The van der Waals surface area contributed by atoms with E-state index in [0.29, 0.717) is 10.2 Å². The summed E-state index contributed by atoms with van der Waals surface area (Å²) in [6, 6.07) is 19.7. The van der Waals surface area contributed by atoms with E-state index in [1.54, 1.807) is 18.2 Å². The van der Waals surface area contributed by atoms with Gasteiger partial charge in [0.2, 0.25) is 5.91 Å². The predicted octanol–water partition coefficient (Wildman–Crippen LogP) is 5.53. The molecular formula is C25H20Br2N2O5. The van der Waals surface area contributed by atoms with Crippen molar-refractivity contribution in [1.82, 2.24) is 5.32 Å². The van der Waals surface area contributed by atoms with Crippen LogP contribution in [0.3, 0.4) is 0 Å². The molecule has 0 saturated carbocycles. The number of alkyl carbamates (subject to hydrolysis) is 1. The van der Waals surface area contributed by atoms with Crippen LogP contribution in [0.15, 0.2) is 75.7 Å². The summed E-state index contributed by atoms with van der Waals surface area (Å²) in [5, 5.41) is 14.3. The Hall–Kier alpha value is -3.17. The molecule has 1 unspecified atom stereocenters. The largest absolute Gasteiger partial charge is 0.481 e. The van der Waals surface area contributed by atoms with Gasteiger partial charge in [-0.3, -0.25) is 9.59 Å². The molecule has 3 aromatic carbocycles. The number of carbonyl (C=O) groups excluding carboxylic acids is 2. The first-order valence-corrected chi connectivity index (χ1v) is 12.0. The molecule has 9 heteroatoms. The molecule has 174 valence electrons. The van der Waals surface area contributed by atoms with Crippen LogP contribution in [0.4, 0.5) is 10.5 Å². The molecule has 0 fully saturated rings. The highest BCUT2D eigenvalue weighted by atomic mass is 79.9. The van der Waals surface area contributed by atoms with Crippen LogP contribution in [0.1, 0.15) is 23.5 Å². The SMILES string of the molecule is O=C(O)CC(NC(=O)OCC1c2ccccc2-c2ccccc21)C(=O)Nc1cc(Br)ccc1Br. The molecule has 7 nitrogen and oxygen atoms in total. The van der Waals surface area contributed by atoms with E-state index < -0.39 is 30.4 Å². The van der Waals surface area contributed by atoms with Crippen molar-refractivity contribution in [3.05, 3.63) is 86.8 Å². The monoisotopic (exact) mass is 586 g/mol. The van der Waals surface area contributed by atoms with Crippen LogP contribution >= 0.6 is 31.9 Å². The van der Waals surface area contributed by atoms with Crippen molar-refractivity contribution in [2.24, 2.45) is 0 Å². The van der Waals surface area contributed by atoms with Gasteiger partial charge in [-0.05, 0) is 56.4 Å². The topological polar surface area (TPSA) is 105 Å². The lowest BCUT2D eigenvalue weighted by Gasteiger charge is -2.19. The summed E-state index contributed by atoms with van der Waals surface area (Å²) in [7, 11) is 0.